The Bertz CT molecular complexity index is 1120. The Kier molecular flexibility index (Phi) is 6.52. The predicted octanol–water partition coefficient (Wildman–Crippen LogP) is 4.26. The summed E-state index contributed by atoms with van der Waals surface area (Å²) in [5.74, 6) is -0.339. The molecule has 2 atom stereocenters. The second-order valence-corrected chi connectivity index (χ2v) is 8.93. The van der Waals surface area contributed by atoms with Crippen molar-refractivity contribution in [3.05, 3.63) is 54.4 Å². The Morgan fingerprint density at radius 1 is 1.12 bits per heavy atom. The molecule has 0 aliphatic carbocycles. The van der Waals surface area contributed by atoms with E-state index < -0.39 is 28.5 Å². The number of nitrogens with one attached hydrogen (secondary N) is 2. The van der Waals surface area contributed by atoms with E-state index in [-0.39, 0.29) is 12.1 Å². The van der Waals surface area contributed by atoms with Crippen LogP contribution in [0.3, 0.4) is 0 Å². The van der Waals surface area contributed by atoms with Gasteiger partial charge in [-0.3, -0.25) is 0 Å². The average Bonchev–Trinajstić information content (AvgIpc) is 3.38. The number of rotatable bonds is 7. The zero-order valence-electron chi connectivity index (χ0n) is 17.7. The van der Waals surface area contributed by atoms with E-state index >= 15 is 0 Å². The maximum absolute atomic E-state index is 12.7. The Hall–Kier alpha value is -2.80. The Balaban J connectivity index is 1.33. The largest absolute Gasteiger partial charge is 0.423 e. The first-order valence-corrected chi connectivity index (χ1v) is 11.1. The molecule has 0 spiro atoms. The third-order valence-corrected chi connectivity index (χ3v) is 5.74. The van der Waals surface area contributed by atoms with Crippen LogP contribution in [0.1, 0.15) is 19.4 Å². The predicted molar refractivity (Wildman–Crippen MR) is 114 cm³/mol. The van der Waals surface area contributed by atoms with Gasteiger partial charge in [-0.05, 0) is 38.1 Å². The van der Waals surface area contributed by atoms with Crippen LogP contribution >= 0.6 is 0 Å². The van der Waals surface area contributed by atoms with E-state index in [1.165, 1.54) is 24.5 Å². The molecule has 176 valence electrons. The molecule has 3 heterocycles. The van der Waals surface area contributed by atoms with Crippen LogP contribution in [-0.4, -0.2) is 39.2 Å². The van der Waals surface area contributed by atoms with Gasteiger partial charge in [0.2, 0.25) is 0 Å². The smallest absolute Gasteiger partial charge is 0.416 e. The zero-order chi connectivity index (χ0) is 23.6. The lowest BCUT2D eigenvalue weighted by Crippen LogP contribution is -2.31. The maximum Gasteiger partial charge on any atom is 0.416 e. The van der Waals surface area contributed by atoms with Crippen molar-refractivity contribution in [2.24, 2.45) is 0 Å². The highest BCUT2D eigenvalue weighted by Crippen LogP contribution is 2.31. The summed E-state index contributed by atoms with van der Waals surface area (Å²) in [4.78, 5) is 8.25. The van der Waals surface area contributed by atoms with Crippen molar-refractivity contribution in [3.63, 3.8) is 0 Å². The normalized spacial score (nSPS) is 18.9. The molecule has 3 aromatic rings. The second kappa shape index (κ2) is 9.21. The quantitative estimate of drug-likeness (QED) is 0.519. The Morgan fingerprint density at radius 2 is 1.88 bits per heavy atom. The molecule has 1 aliphatic heterocycles. The molecule has 0 bridgehead atoms. The van der Waals surface area contributed by atoms with Gasteiger partial charge in [0.05, 0.1) is 36.4 Å². The summed E-state index contributed by atoms with van der Waals surface area (Å²) in [6.07, 6.45) is -1.73. The Labute approximate surface area is 190 Å². The van der Waals surface area contributed by atoms with Gasteiger partial charge in [-0.2, -0.15) is 13.2 Å². The maximum atomic E-state index is 12.7. The summed E-state index contributed by atoms with van der Waals surface area (Å²) in [6.45, 7) is 4.40. The van der Waals surface area contributed by atoms with Crippen molar-refractivity contribution in [3.8, 4) is 11.3 Å². The molecular weight excluding hydrogens is 461 g/mol. The molecule has 4 rings (SSSR count). The summed E-state index contributed by atoms with van der Waals surface area (Å²) < 4.78 is 70.1. The minimum absolute atomic E-state index is 0.139. The zero-order valence-corrected chi connectivity index (χ0v) is 18.5. The van der Waals surface area contributed by atoms with Crippen molar-refractivity contribution in [2.75, 3.05) is 18.5 Å². The highest BCUT2D eigenvalue weighted by molar-refractivity contribution is 7.83. The molecule has 1 saturated heterocycles. The molecule has 1 aliphatic rings. The van der Waals surface area contributed by atoms with Crippen LogP contribution < -0.4 is 10.0 Å². The van der Waals surface area contributed by atoms with Gasteiger partial charge < -0.3 is 19.2 Å². The van der Waals surface area contributed by atoms with E-state index in [0.29, 0.717) is 35.2 Å². The van der Waals surface area contributed by atoms with E-state index in [0.717, 1.165) is 12.1 Å². The summed E-state index contributed by atoms with van der Waals surface area (Å²) in [6, 6.07) is 7.97. The van der Waals surface area contributed by atoms with Crippen LogP contribution in [-0.2, 0) is 26.6 Å². The van der Waals surface area contributed by atoms with E-state index in [1.807, 2.05) is 13.8 Å². The SMILES string of the molecule is CC1(C)OCC(CNS(=O)c2ccc(Nc3ncc(-c4ccc(C(F)(F)F)cc4)o3)cn2)O1. The van der Waals surface area contributed by atoms with Gasteiger partial charge in [0, 0.05) is 12.1 Å². The van der Waals surface area contributed by atoms with Gasteiger partial charge in [0.25, 0.3) is 6.01 Å². The summed E-state index contributed by atoms with van der Waals surface area (Å²) in [5, 5.41) is 3.24. The van der Waals surface area contributed by atoms with Crippen molar-refractivity contribution < 1.29 is 31.3 Å². The molecule has 2 N–H and O–H groups in total. The number of alkyl halides is 3. The lowest BCUT2D eigenvalue weighted by atomic mass is 10.1. The second-order valence-electron chi connectivity index (χ2n) is 7.68. The lowest BCUT2D eigenvalue weighted by Gasteiger charge is -2.17. The lowest BCUT2D eigenvalue weighted by molar-refractivity contribution is -0.138. The molecule has 0 radical (unpaired) electrons. The highest BCUT2D eigenvalue weighted by Gasteiger charge is 2.32. The molecule has 1 fully saturated rings. The molecule has 12 heteroatoms. The van der Waals surface area contributed by atoms with Crippen LogP contribution in [0.25, 0.3) is 11.3 Å². The number of pyridine rings is 1. The molecule has 2 unspecified atom stereocenters. The summed E-state index contributed by atoms with van der Waals surface area (Å²) >= 11 is 0. The van der Waals surface area contributed by atoms with Gasteiger partial charge >= 0.3 is 6.18 Å². The van der Waals surface area contributed by atoms with Gasteiger partial charge in [-0.1, -0.05) is 12.1 Å². The third-order valence-electron chi connectivity index (χ3n) is 4.69. The van der Waals surface area contributed by atoms with Crippen LogP contribution in [0.2, 0.25) is 0 Å². The van der Waals surface area contributed by atoms with Crippen LogP contribution in [0.15, 0.2) is 58.2 Å². The van der Waals surface area contributed by atoms with Gasteiger partial charge in [-0.25, -0.2) is 18.9 Å². The van der Waals surface area contributed by atoms with Crippen LogP contribution in [0, 0.1) is 0 Å². The molecular formula is C21H21F3N4O4S. The molecule has 8 nitrogen and oxygen atoms in total. The van der Waals surface area contributed by atoms with Crippen molar-refractivity contribution >= 4 is 22.7 Å². The van der Waals surface area contributed by atoms with E-state index in [9.17, 15) is 17.4 Å². The number of oxazole rings is 1. The van der Waals surface area contributed by atoms with Crippen molar-refractivity contribution in [2.45, 2.75) is 36.9 Å². The number of halogens is 3. The third kappa shape index (κ3) is 5.96. The minimum Gasteiger partial charge on any atom is -0.423 e. The molecule has 0 saturated carbocycles. The van der Waals surface area contributed by atoms with E-state index in [2.05, 4.69) is 20.0 Å². The number of aromatic nitrogens is 2. The fourth-order valence-corrected chi connectivity index (χ4v) is 3.91. The molecule has 2 aromatic heterocycles. The Morgan fingerprint density at radius 3 is 2.48 bits per heavy atom. The van der Waals surface area contributed by atoms with Crippen molar-refractivity contribution in [1.82, 2.24) is 14.7 Å². The fourth-order valence-electron chi connectivity index (χ4n) is 3.08. The topological polar surface area (TPSA) is 98.5 Å². The van der Waals surface area contributed by atoms with Crippen LogP contribution in [0.5, 0.6) is 0 Å². The van der Waals surface area contributed by atoms with E-state index in [1.54, 1.807) is 12.1 Å². The summed E-state index contributed by atoms with van der Waals surface area (Å²) in [7, 11) is -1.53. The minimum atomic E-state index is -4.40. The molecule has 33 heavy (non-hydrogen) atoms. The number of anilines is 2. The standard InChI is InChI=1S/C21H21F3N4O4S/c1-20(2)30-12-16(32-20)10-27-33(29)18-8-7-15(9-25-18)28-19-26-11-17(31-19)13-3-5-14(6-4-13)21(22,23)24/h3-9,11,16,27H,10,12H2,1-2H3,(H,26,28). The van der Waals surface area contributed by atoms with Gasteiger partial charge in [0.15, 0.2) is 11.5 Å². The van der Waals surface area contributed by atoms with Gasteiger partial charge in [-0.15, -0.1) is 0 Å². The number of hydrogen-bond acceptors (Lipinski definition) is 7. The molecule has 1 aromatic carbocycles. The van der Waals surface area contributed by atoms with Crippen LogP contribution in [0.4, 0.5) is 24.9 Å². The average molecular weight is 482 g/mol. The first-order valence-electron chi connectivity index (χ1n) is 9.93. The first-order chi connectivity index (χ1) is 15.6. The number of benzene rings is 1. The van der Waals surface area contributed by atoms with Crippen molar-refractivity contribution in [1.29, 1.82) is 0 Å². The summed E-state index contributed by atoms with van der Waals surface area (Å²) in [5.41, 5.74) is 0.250. The van der Waals surface area contributed by atoms with Gasteiger partial charge in [0.1, 0.15) is 16.0 Å². The molecule has 0 amide bonds. The number of hydrogen-bond donors (Lipinski definition) is 2. The number of nitrogens with zero attached hydrogens (tertiary/aromatic N) is 2. The fraction of sp³-hybridized carbons (Fsp3) is 0.333. The first kappa shape index (κ1) is 23.4. The monoisotopic (exact) mass is 482 g/mol. The van der Waals surface area contributed by atoms with E-state index in [4.69, 9.17) is 13.9 Å². The highest BCUT2D eigenvalue weighted by atomic mass is 32.2. The number of ether oxygens (including phenoxy) is 2.